The van der Waals surface area contributed by atoms with Crippen LogP contribution in [0.2, 0.25) is 0 Å². The molecule has 3 aromatic rings. The molecule has 8 nitrogen and oxygen atoms in total. The number of benzene rings is 3. The number of carbonyl (C=O) groups is 1. The van der Waals surface area contributed by atoms with E-state index < -0.39 is 6.04 Å². The number of hydrogen-bond acceptors (Lipinski definition) is 7. The lowest BCUT2D eigenvalue weighted by Crippen LogP contribution is -2.31. The van der Waals surface area contributed by atoms with Crippen molar-refractivity contribution in [2.45, 2.75) is 12.5 Å². The Balaban J connectivity index is 2.02. The molecule has 0 fully saturated rings. The van der Waals surface area contributed by atoms with E-state index in [1.54, 1.807) is 60.9 Å². The highest BCUT2D eigenvalue weighted by molar-refractivity contribution is 9.10. The third kappa shape index (κ3) is 5.96. The molecule has 36 heavy (non-hydrogen) atoms. The molecular formula is C27H30BrNO7. The van der Waals surface area contributed by atoms with Crippen molar-refractivity contribution in [1.82, 2.24) is 5.32 Å². The summed E-state index contributed by atoms with van der Waals surface area (Å²) in [4.78, 5) is 13.3. The maximum atomic E-state index is 13.3. The van der Waals surface area contributed by atoms with Crippen molar-refractivity contribution >= 4 is 21.8 Å². The summed E-state index contributed by atoms with van der Waals surface area (Å²) in [6.45, 7) is 0. The van der Waals surface area contributed by atoms with Crippen molar-refractivity contribution in [3.8, 4) is 34.5 Å². The average molecular weight is 560 g/mol. The molecule has 3 rings (SSSR count). The van der Waals surface area contributed by atoms with E-state index in [4.69, 9.17) is 28.4 Å². The largest absolute Gasteiger partial charge is 0.493 e. The first kappa shape index (κ1) is 27.0. The smallest absolute Gasteiger partial charge is 0.225 e. The summed E-state index contributed by atoms with van der Waals surface area (Å²) in [5, 5.41) is 3.15. The fourth-order valence-electron chi connectivity index (χ4n) is 3.85. The molecule has 0 saturated carbocycles. The van der Waals surface area contributed by atoms with Gasteiger partial charge in [0.25, 0.3) is 0 Å². The summed E-state index contributed by atoms with van der Waals surface area (Å²) in [6.07, 6.45) is 0.134. The fraction of sp³-hybridized carbons (Fsp3) is 0.296. The van der Waals surface area contributed by atoms with Crippen molar-refractivity contribution in [2.24, 2.45) is 0 Å². The lowest BCUT2D eigenvalue weighted by atomic mass is 9.97. The van der Waals surface area contributed by atoms with E-state index in [0.29, 0.717) is 34.5 Å². The summed E-state index contributed by atoms with van der Waals surface area (Å²) < 4.78 is 33.2. The van der Waals surface area contributed by atoms with Crippen LogP contribution in [0.3, 0.4) is 0 Å². The first-order valence-corrected chi connectivity index (χ1v) is 11.8. The number of nitrogens with one attached hydrogen (secondary N) is 1. The molecule has 1 N–H and O–H groups in total. The molecule has 192 valence electrons. The van der Waals surface area contributed by atoms with Crippen LogP contribution in [0.4, 0.5) is 0 Å². The number of rotatable bonds is 11. The van der Waals surface area contributed by atoms with Gasteiger partial charge in [0, 0.05) is 4.47 Å². The average Bonchev–Trinajstić information content (AvgIpc) is 2.91. The second kappa shape index (κ2) is 12.4. The summed E-state index contributed by atoms with van der Waals surface area (Å²) in [7, 11) is 9.41. The van der Waals surface area contributed by atoms with E-state index in [2.05, 4.69) is 21.2 Å². The van der Waals surface area contributed by atoms with E-state index in [0.717, 1.165) is 21.2 Å². The van der Waals surface area contributed by atoms with Crippen LogP contribution in [-0.2, 0) is 11.2 Å². The molecule has 0 spiro atoms. The lowest BCUT2D eigenvalue weighted by molar-refractivity contribution is -0.120. The highest BCUT2D eigenvalue weighted by atomic mass is 79.9. The van der Waals surface area contributed by atoms with Crippen LogP contribution in [0.1, 0.15) is 22.7 Å². The molecule has 0 unspecified atom stereocenters. The summed E-state index contributed by atoms with van der Waals surface area (Å²) in [5.41, 5.74) is 2.35. The second-order valence-corrected chi connectivity index (χ2v) is 8.56. The molecule has 3 aromatic carbocycles. The Morgan fingerprint density at radius 3 is 1.78 bits per heavy atom. The Kier molecular flexibility index (Phi) is 9.30. The first-order chi connectivity index (χ1) is 17.4. The van der Waals surface area contributed by atoms with E-state index >= 15 is 0 Å². The van der Waals surface area contributed by atoms with Crippen LogP contribution in [0.15, 0.2) is 53.0 Å². The summed E-state index contributed by atoms with van der Waals surface area (Å²) in [6, 6.07) is 14.0. The van der Waals surface area contributed by atoms with Crippen LogP contribution >= 0.6 is 15.9 Å². The number of ether oxygens (including phenoxy) is 6. The minimum atomic E-state index is -0.536. The first-order valence-electron chi connectivity index (χ1n) is 11.0. The maximum absolute atomic E-state index is 13.3. The van der Waals surface area contributed by atoms with Gasteiger partial charge in [0.1, 0.15) is 0 Å². The van der Waals surface area contributed by atoms with Gasteiger partial charge in [-0.05, 0) is 53.1 Å². The Bertz CT molecular complexity index is 1210. The zero-order chi connectivity index (χ0) is 26.2. The normalized spacial score (nSPS) is 11.3. The van der Waals surface area contributed by atoms with Crippen molar-refractivity contribution in [2.75, 3.05) is 42.7 Å². The van der Waals surface area contributed by atoms with Crippen LogP contribution in [-0.4, -0.2) is 48.6 Å². The molecule has 0 aliphatic rings. The predicted molar refractivity (Wildman–Crippen MR) is 140 cm³/mol. The van der Waals surface area contributed by atoms with Gasteiger partial charge in [-0.25, -0.2) is 0 Å². The Hall–Kier alpha value is -3.59. The van der Waals surface area contributed by atoms with Crippen molar-refractivity contribution in [3.63, 3.8) is 0 Å². The van der Waals surface area contributed by atoms with Gasteiger partial charge in [-0.3, -0.25) is 4.79 Å². The van der Waals surface area contributed by atoms with Gasteiger partial charge in [-0.15, -0.1) is 0 Å². The number of halogens is 1. The highest BCUT2D eigenvalue weighted by Gasteiger charge is 2.24. The molecular weight excluding hydrogens is 530 g/mol. The van der Waals surface area contributed by atoms with Gasteiger partial charge in [0.05, 0.1) is 55.1 Å². The zero-order valence-corrected chi connectivity index (χ0v) is 22.7. The standard InChI is InChI=1S/C27H30BrNO7/c1-31-20-9-7-16(11-22(20)33-3)12-26(30)29-27(17-8-10-21(32-2)23(13-17)34-4)18-14-24(35-5)25(36-6)15-19(18)28/h7-11,13-15,27H,12H2,1-6H3,(H,29,30)/t27-/m1/s1. The van der Waals surface area contributed by atoms with E-state index in [1.165, 1.54) is 0 Å². The molecule has 1 amide bonds. The van der Waals surface area contributed by atoms with Gasteiger partial charge >= 0.3 is 0 Å². The third-order valence-corrected chi connectivity index (χ3v) is 6.36. The van der Waals surface area contributed by atoms with Gasteiger partial charge in [0.15, 0.2) is 34.5 Å². The van der Waals surface area contributed by atoms with Crippen LogP contribution < -0.4 is 33.7 Å². The Morgan fingerprint density at radius 2 is 1.19 bits per heavy atom. The van der Waals surface area contributed by atoms with Gasteiger partial charge in [-0.1, -0.05) is 28.1 Å². The minimum absolute atomic E-state index is 0.134. The molecule has 9 heteroatoms. The van der Waals surface area contributed by atoms with Crippen molar-refractivity contribution in [3.05, 3.63) is 69.7 Å². The molecule has 0 bridgehead atoms. The Labute approximate surface area is 219 Å². The van der Waals surface area contributed by atoms with E-state index in [1.807, 2.05) is 30.3 Å². The topological polar surface area (TPSA) is 84.5 Å². The third-order valence-electron chi connectivity index (χ3n) is 5.67. The van der Waals surface area contributed by atoms with Crippen LogP contribution in [0.5, 0.6) is 34.5 Å². The number of amides is 1. The van der Waals surface area contributed by atoms with E-state index in [9.17, 15) is 4.79 Å². The molecule has 0 aliphatic heterocycles. The Morgan fingerprint density at radius 1 is 0.694 bits per heavy atom. The van der Waals surface area contributed by atoms with Crippen molar-refractivity contribution in [1.29, 1.82) is 0 Å². The summed E-state index contributed by atoms with van der Waals surface area (Å²) >= 11 is 3.63. The highest BCUT2D eigenvalue weighted by Crippen LogP contribution is 2.40. The SMILES string of the molecule is COc1ccc(CC(=O)N[C@H](c2ccc(OC)c(OC)c2)c2cc(OC)c(OC)cc2Br)cc1OC. The molecule has 0 heterocycles. The second-order valence-electron chi connectivity index (χ2n) is 7.71. The fourth-order valence-corrected chi connectivity index (χ4v) is 4.40. The van der Waals surface area contributed by atoms with E-state index in [-0.39, 0.29) is 12.3 Å². The van der Waals surface area contributed by atoms with Gasteiger partial charge in [-0.2, -0.15) is 0 Å². The summed E-state index contributed by atoms with van der Waals surface area (Å²) in [5.74, 6) is 3.20. The number of carbonyl (C=O) groups excluding carboxylic acids is 1. The molecule has 0 aliphatic carbocycles. The predicted octanol–water partition coefficient (Wildman–Crippen LogP) is 4.95. The lowest BCUT2D eigenvalue weighted by Gasteiger charge is -2.23. The molecule has 0 radical (unpaired) electrons. The van der Waals surface area contributed by atoms with Gasteiger partial charge < -0.3 is 33.7 Å². The van der Waals surface area contributed by atoms with Crippen molar-refractivity contribution < 1.29 is 33.2 Å². The number of methoxy groups -OCH3 is 6. The van der Waals surface area contributed by atoms with Crippen LogP contribution in [0, 0.1) is 0 Å². The van der Waals surface area contributed by atoms with Gasteiger partial charge in [0.2, 0.25) is 5.91 Å². The molecule has 0 saturated heterocycles. The zero-order valence-electron chi connectivity index (χ0n) is 21.1. The molecule has 0 aromatic heterocycles. The quantitative estimate of drug-likeness (QED) is 0.355. The monoisotopic (exact) mass is 559 g/mol. The minimum Gasteiger partial charge on any atom is -0.493 e. The maximum Gasteiger partial charge on any atom is 0.225 e. The van der Waals surface area contributed by atoms with Crippen LogP contribution in [0.25, 0.3) is 0 Å². The molecule has 1 atom stereocenters. The number of hydrogen-bond donors (Lipinski definition) is 1.